The van der Waals surface area contributed by atoms with Crippen LogP contribution in [0.3, 0.4) is 0 Å². The van der Waals surface area contributed by atoms with Crippen molar-refractivity contribution in [2.45, 2.75) is 19.5 Å². The van der Waals surface area contributed by atoms with E-state index in [1.54, 1.807) is 6.92 Å². The van der Waals surface area contributed by atoms with Gasteiger partial charge in [-0.2, -0.15) is 13.2 Å². The SMILES string of the molecule is COC(=O)C(C)CNC(=O)Nc1cccc(CC(F)(F)F)c1. The van der Waals surface area contributed by atoms with Crippen LogP contribution < -0.4 is 10.6 Å². The topological polar surface area (TPSA) is 67.4 Å². The van der Waals surface area contributed by atoms with E-state index in [4.69, 9.17) is 0 Å². The lowest BCUT2D eigenvalue weighted by atomic mass is 10.1. The number of benzene rings is 1. The molecule has 0 saturated carbocycles. The van der Waals surface area contributed by atoms with E-state index >= 15 is 0 Å². The molecule has 0 heterocycles. The van der Waals surface area contributed by atoms with Crippen LogP contribution in [0.5, 0.6) is 0 Å². The van der Waals surface area contributed by atoms with Crippen LogP contribution >= 0.6 is 0 Å². The standard InChI is InChI=1S/C14H17F3N2O3/c1-9(12(20)22-2)8-18-13(21)19-11-5-3-4-10(6-11)7-14(15,16)17/h3-6,9H,7-8H2,1-2H3,(H2,18,19,21). The monoisotopic (exact) mass is 318 g/mol. The van der Waals surface area contributed by atoms with Crippen molar-refractivity contribution < 1.29 is 27.5 Å². The predicted octanol–water partition coefficient (Wildman–Crippen LogP) is 2.72. The van der Waals surface area contributed by atoms with E-state index in [0.29, 0.717) is 0 Å². The number of urea groups is 1. The van der Waals surface area contributed by atoms with Crippen LogP contribution in [0.25, 0.3) is 0 Å². The van der Waals surface area contributed by atoms with E-state index in [9.17, 15) is 22.8 Å². The van der Waals surface area contributed by atoms with Gasteiger partial charge in [-0.3, -0.25) is 4.79 Å². The quantitative estimate of drug-likeness (QED) is 0.820. The largest absolute Gasteiger partial charge is 0.469 e. The summed E-state index contributed by atoms with van der Waals surface area (Å²) >= 11 is 0. The number of anilines is 1. The molecule has 0 saturated heterocycles. The van der Waals surface area contributed by atoms with Crippen LogP contribution in [0.2, 0.25) is 0 Å². The van der Waals surface area contributed by atoms with Gasteiger partial charge in [-0.1, -0.05) is 19.1 Å². The van der Waals surface area contributed by atoms with Crippen molar-refractivity contribution in [1.82, 2.24) is 5.32 Å². The smallest absolute Gasteiger partial charge is 0.393 e. The fourth-order valence-electron chi connectivity index (χ4n) is 1.70. The van der Waals surface area contributed by atoms with Gasteiger partial charge >= 0.3 is 18.2 Å². The Kier molecular flexibility index (Phi) is 6.21. The van der Waals surface area contributed by atoms with Crippen molar-refractivity contribution in [3.05, 3.63) is 29.8 Å². The number of halogens is 3. The van der Waals surface area contributed by atoms with Crippen molar-refractivity contribution >= 4 is 17.7 Å². The Morgan fingerprint density at radius 2 is 2.00 bits per heavy atom. The van der Waals surface area contributed by atoms with Crippen molar-refractivity contribution in [2.75, 3.05) is 19.0 Å². The number of amides is 2. The number of nitrogens with one attached hydrogen (secondary N) is 2. The fraction of sp³-hybridized carbons (Fsp3) is 0.429. The van der Waals surface area contributed by atoms with Gasteiger partial charge < -0.3 is 15.4 Å². The lowest BCUT2D eigenvalue weighted by Crippen LogP contribution is -2.35. The van der Waals surface area contributed by atoms with Crippen molar-refractivity contribution in [1.29, 1.82) is 0 Å². The third-order valence-corrected chi connectivity index (χ3v) is 2.76. The van der Waals surface area contributed by atoms with Gasteiger partial charge in [0.2, 0.25) is 0 Å². The molecule has 1 unspecified atom stereocenters. The molecule has 0 fully saturated rings. The summed E-state index contributed by atoms with van der Waals surface area (Å²) in [6, 6.07) is 4.86. The van der Waals surface area contributed by atoms with E-state index in [2.05, 4.69) is 15.4 Å². The van der Waals surface area contributed by atoms with Crippen LogP contribution in [0.4, 0.5) is 23.7 Å². The molecular formula is C14H17F3N2O3. The minimum absolute atomic E-state index is 0.0493. The zero-order valence-electron chi connectivity index (χ0n) is 12.2. The molecule has 1 aromatic carbocycles. The zero-order valence-corrected chi connectivity index (χ0v) is 12.2. The molecule has 0 aliphatic rings. The Hall–Kier alpha value is -2.25. The van der Waals surface area contributed by atoms with Gasteiger partial charge in [0.1, 0.15) is 0 Å². The number of methoxy groups -OCH3 is 1. The molecule has 22 heavy (non-hydrogen) atoms. The Morgan fingerprint density at radius 3 is 2.59 bits per heavy atom. The second kappa shape index (κ2) is 7.67. The number of hydrogen-bond donors (Lipinski definition) is 2. The highest BCUT2D eigenvalue weighted by atomic mass is 19.4. The van der Waals surface area contributed by atoms with Gasteiger partial charge in [-0.05, 0) is 17.7 Å². The number of carbonyl (C=O) groups excluding carboxylic acids is 2. The minimum Gasteiger partial charge on any atom is -0.469 e. The molecule has 0 spiro atoms. The molecule has 5 nitrogen and oxygen atoms in total. The van der Waals surface area contributed by atoms with Gasteiger partial charge in [0.05, 0.1) is 19.4 Å². The summed E-state index contributed by atoms with van der Waals surface area (Å²) in [5.74, 6) is -0.986. The average molecular weight is 318 g/mol. The second-order valence-electron chi connectivity index (χ2n) is 4.75. The number of carbonyl (C=O) groups is 2. The van der Waals surface area contributed by atoms with Crippen LogP contribution in [0, 0.1) is 5.92 Å². The first-order valence-corrected chi connectivity index (χ1v) is 6.49. The molecule has 122 valence electrons. The van der Waals surface area contributed by atoms with E-state index in [1.165, 1.54) is 31.4 Å². The second-order valence-corrected chi connectivity index (χ2v) is 4.75. The molecule has 0 aromatic heterocycles. The summed E-state index contributed by atoms with van der Waals surface area (Å²) in [6.45, 7) is 1.64. The van der Waals surface area contributed by atoms with Crippen molar-refractivity contribution in [2.24, 2.45) is 5.92 Å². The third-order valence-electron chi connectivity index (χ3n) is 2.76. The molecule has 0 aliphatic heterocycles. The summed E-state index contributed by atoms with van der Waals surface area (Å²) in [5.41, 5.74) is 0.290. The number of hydrogen-bond acceptors (Lipinski definition) is 3. The normalized spacial score (nSPS) is 12.4. The van der Waals surface area contributed by atoms with E-state index in [-0.39, 0.29) is 17.8 Å². The summed E-state index contributed by atoms with van der Waals surface area (Å²) in [4.78, 5) is 22.8. The van der Waals surface area contributed by atoms with E-state index < -0.39 is 30.5 Å². The Balaban J connectivity index is 2.54. The van der Waals surface area contributed by atoms with Crippen LogP contribution in [-0.4, -0.2) is 31.8 Å². The molecule has 0 bridgehead atoms. The number of esters is 1. The Morgan fingerprint density at radius 1 is 1.32 bits per heavy atom. The number of rotatable bonds is 5. The van der Waals surface area contributed by atoms with Gasteiger partial charge in [-0.15, -0.1) is 0 Å². The van der Waals surface area contributed by atoms with Gasteiger partial charge in [0.15, 0.2) is 0 Å². The summed E-state index contributed by atoms with van der Waals surface area (Å²) in [7, 11) is 1.24. The fourth-order valence-corrected chi connectivity index (χ4v) is 1.70. The first-order chi connectivity index (χ1) is 10.2. The van der Waals surface area contributed by atoms with Gasteiger partial charge in [0.25, 0.3) is 0 Å². The minimum atomic E-state index is -4.31. The Labute approximate surface area is 125 Å². The highest BCUT2D eigenvalue weighted by Crippen LogP contribution is 2.22. The molecule has 0 radical (unpaired) electrons. The molecular weight excluding hydrogens is 301 g/mol. The number of alkyl halides is 3. The van der Waals surface area contributed by atoms with Crippen molar-refractivity contribution in [3.8, 4) is 0 Å². The van der Waals surface area contributed by atoms with E-state index in [1.807, 2.05) is 0 Å². The first-order valence-electron chi connectivity index (χ1n) is 6.49. The molecule has 2 N–H and O–H groups in total. The highest BCUT2D eigenvalue weighted by molar-refractivity contribution is 5.89. The summed E-state index contributed by atoms with van der Waals surface area (Å²) in [5, 5.41) is 4.85. The Bertz CT molecular complexity index is 532. The van der Waals surface area contributed by atoms with Crippen LogP contribution in [0.1, 0.15) is 12.5 Å². The molecule has 1 rings (SSSR count). The van der Waals surface area contributed by atoms with Gasteiger partial charge in [0, 0.05) is 12.2 Å². The van der Waals surface area contributed by atoms with Crippen molar-refractivity contribution in [3.63, 3.8) is 0 Å². The average Bonchev–Trinajstić information content (AvgIpc) is 2.42. The predicted molar refractivity (Wildman–Crippen MR) is 74.4 cm³/mol. The molecule has 1 aromatic rings. The first kappa shape index (κ1) is 17.8. The van der Waals surface area contributed by atoms with Gasteiger partial charge in [-0.25, -0.2) is 4.79 Å². The summed E-state index contributed by atoms with van der Waals surface area (Å²) < 4.78 is 41.4. The maximum Gasteiger partial charge on any atom is 0.393 e. The molecule has 1 atom stereocenters. The molecule has 2 amide bonds. The third kappa shape index (κ3) is 6.47. The lowest BCUT2D eigenvalue weighted by Gasteiger charge is -2.12. The van der Waals surface area contributed by atoms with Crippen LogP contribution in [0.15, 0.2) is 24.3 Å². The lowest BCUT2D eigenvalue weighted by molar-refractivity contribution is -0.144. The maximum atomic E-state index is 12.3. The molecule has 8 heteroatoms. The highest BCUT2D eigenvalue weighted by Gasteiger charge is 2.27. The maximum absolute atomic E-state index is 12.3. The van der Waals surface area contributed by atoms with Crippen LogP contribution in [-0.2, 0) is 16.0 Å². The zero-order chi connectivity index (χ0) is 16.8. The number of ether oxygens (including phenoxy) is 1. The molecule has 0 aliphatic carbocycles. The summed E-state index contributed by atoms with van der Waals surface area (Å²) in [6.07, 6.45) is -5.37. The van der Waals surface area contributed by atoms with E-state index in [0.717, 1.165) is 0 Å².